The molecule has 1 aromatic heterocycles. The Morgan fingerprint density at radius 2 is 1.82 bits per heavy atom. The first-order chi connectivity index (χ1) is 8.13. The SMILES string of the molecule is Nc1cc(NCc2ccc(Br)cc2)nc(N)n1. The van der Waals surface area contributed by atoms with Gasteiger partial charge in [-0.05, 0) is 17.7 Å². The summed E-state index contributed by atoms with van der Waals surface area (Å²) in [7, 11) is 0. The van der Waals surface area contributed by atoms with E-state index in [1.807, 2.05) is 24.3 Å². The van der Waals surface area contributed by atoms with Crippen LogP contribution >= 0.6 is 15.9 Å². The Balaban J connectivity index is 2.04. The zero-order valence-corrected chi connectivity index (χ0v) is 10.6. The predicted octanol–water partition coefficient (Wildman–Crippen LogP) is 2.02. The quantitative estimate of drug-likeness (QED) is 0.805. The lowest BCUT2D eigenvalue weighted by atomic mass is 10.2. The lowest BCUT2D eigenvalue weighted by molar-refractivity contribution is 1.09. The van der Waals surface area contributed by atoms with E-state index in [9.17, 15) is 0 Å². The molecule has 0 spiro atoms. The number of nitrogen functional groups attached to an aromatic ring is 2. The molecule has 0 amide bonds. The molecule has 2 aromatic rings. The van der Waals surface area contributed by atoms with Crippen molar-refractivity contribution in [3.63, 3.8) is 0 Å². The van der Waals surface area contributed by atoms with Crippen LogP contribution in [0.5, 0.6) is 0 Å². The molecule has 0 radical (unpaired) electrons. The zero-order valence-electron chi connectivity index (χ0n) is 9.02. The largest absolute Gasteiger partial charge is 0.383 e. The summed E-state index contributed by atoms with van der Waals surface area (Å²) < 4.78 is 1.05. The van der Waals surface area contributed by atoms with Crippen molar-refractivity contribution >= 4 is 33.5 Å². The topological polar surface area (TPSA) is 89.8 Å². The summed E-state index contributed by atoms with van der Waals surface area (Å²) in [6, 6.07) is 9.66. The standard InChI is InChI=1S/C11H12BrN5/c12-8-3-1-7(2-4-8)6-15-10-5-9(13)16-11(14)17-10/h1-5H,6H2,(H5,13,14,15,16,17). The number of nitrogens with zero attached hydrogens (tertiary/aromatic N) is 2. The van der Waals surface area contributed by atoms with Gasteiger partial charge in [-0.1, -0.05) is 28.1 Å². The summed E-state index contributed by atoms with van der Waals surface area (Å²) in [5.41, 5.74) is 12.2. The van der Waals surface area contributed by atoms with Crippen molar-refractivity contribution in [3.05, 3.63) is 40.4 Å². The molecule has 0 saturated carbocycles. The average Bonchev–Trinajstić information content (AvgIpc) is 2.27. The summed E-state index contributed by atoms with van der Waals surface area (Å²) >= 11 is 3.39. The van der Waals surface area contributed by atoms with Gasteiger partial charge in [0.1, 0.15) is 11.6 Å². The van der Waals surface area contributed by atoms with Crippen LogP contribution in [0.1, 0.15) is 5.56 Å². The molecule has 0 bridgehead atoms. The van der Waals surface area contributed by atoms with E-state index < -0.39 is 0 Å². The van der Waals surface area contributed by atoms with Gasteiger partial charge in [-0.2, -0.15) is 9.97 Å². The molecule has 17 heavy (non-hydrogen) atoms. The summed E-state index contributed by atoms with van der Waals surface area (Å²) in [5.74, 6) is 1.15. The van der Waals surface area contributed by atoms with Gasteiger partial charge in [0.15, 0.2) is 0 Å². The summed E-state index contributed by atoms with van der Waals surface area (Å²) in [5, 5.41) is 3.14. The first-order valence-corrected chi connectivity index (χ1v) is 5.81. The molecule has 88 valence electrons. The molecule has 0 aliphatic heterocycles. The number of nitrogens with two attached hydrogens (primary N) is 2. The van der Waals surface area contributed by atoms with Gasteiger partial charge in [-0.15, -0.1) is 0 Å². The van der Waals surface area contributed by atoms with E-state index in [2.05, 4.69) is 31.2 Å². The molecular weight excluding hydrogens is 282 g/mol. The van der Waals surface area contributed by atoms with Crippen LogP contribution in [0.25, 0.3) is 0 Å². The maximum atomic E-state index is 5.57. The highest BCUT2D eigenvalue weighted by Gasteiger charge is 1.99. The lowest BCUT2D eigenvalue weighted by Gasteiger charge is -2.06. The smallest absolute Gasteiger partial charge is 0.223 e. The number of nitrogens with one attached hydrogen (secondary N) is 1. The monoisotopic (exact) mass is 293 g/mol. The fourth-order valence-corrected chi connectivity index (χ4v) is 1.64. The Hall–Kier alpha value is -1.82. The molecule has 0 aliphatic carbocycles. The molecule has 1 aromatic carbocycles. The molecule has 0 saturated heterocycles. The first kappa shape index (κ1) is 11.7. The second kappa shape index (κ2) is 5.01. The highest BCUT2D eigenvalue weighted by Crippen LogP contribution is 2.13. The van der Waals surface area contributed by atoms with Gasteiger partial charge < -0.3 is 16.8 Å². The second-order valence-electron chi connectivity index (χ2n) is 3.52. The second-order valence-corrected chi connectivity index (χ2v) is 4.43. The van der Waals surface area contributed by atoms with Crippen LogP contribution in [0.15, 0.2) is 34.8 Å². The minimum atomic E-state index is 0.170. The Morgan fingerprint density at radius 3 is 2.47 bits per heavy atom. The van der Waals surface area contributed by atoms with Crippen molar-refractivity contribution in [2.75, 3.05) is 16.8 Å². The summed E-state index contributed by atoms with van der Waals surface area (Å²) in [6.45, 7) is 0.656. The number of benzene rings is 1. The van der Waals surface area contributed by atoms with Crippen molar-refractivity contribution in [2.24, 2.45) is 0 Å². The molecule has 5 N–H and O–H groups in total. The molecule has 0 unspecified atom stereocenters. The molecule has 5 nitrogen and oxygen atoms in total. The van der Waals surface area contributed by atoms with Gasteiger partial charge >= 0.3 is 0 Å². The summed E-state index contributed by atoms with van der Waals surface area (Å²) in [6.07, 6.45) is 0. The maximum absolute atomic E-state index is 5.57. The van der Waals surface area contributed by atoms with E-state index in [0.29, 0.717) is 18.2 Å². The fourth-order valence-electron chi connectivity index (χ4n) is 1.37. The third kappa shape index (κ3) is 3.32. The van der Waals surface area contributed by atoms with Gasteiger partial charge in [0.2, 0.25) is 5.95 Å². The third-order valence-electron chi connectivity index (χ3n) is 2.15. The normalized spacial score (nSPS) is 10.2. The molecule has 0 fully saturated rings. The van der Waals surface area contributed by atoms with Crippen LogP contribution in [0.2, 0.25) is 0 Å². The van der Waals surface area contributed by atoms with Gasteiger partial charge in [-0.3, -0.25) is 0 Å². The van der Waals surface area contributed by atoms with Crippen LogP contribution in [0.3, 0.4) is 0 Å². The van der Waals surface area contributed by atoms with Crippen molar-refractivity contribution in [1.82, 2.24) is 9.97 Å². The minimum absolute atomic E-state index is 0.170. The lowest BCUT2D eigenvalue weighted by Crippen LogP contribution is -2.06. The first-order valence-electron chi connectivity index (χ1n) is 5.02. The number of hydrogen-bond acceptors (Lipinski definition) is 5. The van der Waals surface area contributed by atoms with Gasteiger partial charge in [0, 0.05) is 17.1 Å². The van der Waals surface area contributed by atoms with Crippen molar-refractivity contribution < 1.29 is 0 Å². The molecule has 6 heteroatoms. The number of anilines is 3. The van der Waals surface area contributed by atoms with E-state index in [-0.39, 0.29) is 5.95 Å². The fraction of sp³-hybridized carbons (Fsp3) is 0.0909. The van der Waals surface area contributed by atoms with E-state index >= 15 is 0 Å². The highest BCUT2D eigenvalue weighted by molar-refractivity contribution is 9.10. The Kier molecular flexibility index (Phi) is 3.43. The number of rotatable bonds is 3. The highest BCUT2D eigenvalue weighted by atomic mass is 79.9. The Bertz CT molecular complexity index is 492. The van der Waals surface area contributed by atoms with Crippen LogP contribution in [-0.4, -0.2) is 9.97 Å². The van der Waals surface area contributed by atoms with Crippen molar-refractivity contribution in [2.45, 2.75) is 6.54 Å². The van der Waals surface area contributed by atoms with E-state index in [1.54, 1.807) is 6.07 Å². The molecule has 0 atom stereocenters. The average molecular weight is 294 g/mol. The molecule has 2 rings (SSSR count). The van der Waals surface area contributed by atoms with E-state index in [0.717, 1.165) is 10.0 Å². The Morgan fingerprint density at radius 1 is 1.12 bits per heavy atom. The van der Waals surface area contributed by atoms with Gasteiger partial charge in [0.05, 0.1) is 0 Å². The maximum Gasteiger partial charge on any atom is 0.223 e. The van der Waals surface area contributed by atoms with Crippen LogP contribution in [0.4, 0.5) is 17.6 Å². The van der Waals surface area contributed by atoms with Crippen LogP contribution in [0, 0.1) is 0 Å². The predicted molar refractivity (Wildman–Crippen MR) is 72.3 cm³/mol. The molecular formula is C11H12BrN5. The molecule has 1 heterocycles. The Labute approximate surface area is 107 Å². The van der Waals surface area contributed by atoms with E-state index in [4.69, 9.17) is 11.5 Å². The number of aromatic nitrogens is 2. The minimum Gasteiger partial charge on any atom is -0.383 e. The number of hydrogen-bond donors (Lipinski definition) is 3. The van der Waals surface area contributed by atoms with Crippen LogP contribution < -0.4 is 16.8 Å². The van der Waals surface area contributed by atoms with Crippen molar-refractivity contribution in [1.29, 1.82) is 0 Å². The van der Waals surface area contributed by atoms with Gasteiger partial charge in [0.25, 0.3) is 0 Å². The van der Waals surface area contributed by atoms with Crippen LogP contribution in [-0.2, 0) is 6.54 Å². The van der Waals surface area contributed by atoms with E-state index in [1.165, 1.54) is 0 Å². The third-order valence-corrected chi connectivity index (χ3v) is 2.68. The summed E-state index contributed by atoms with van der Waals surface area (Å²) in [4.78, 5) is 7.83. The zero-order chi connectivity index (χ0) is 12.3. The van der Waals surface area contributed by atoms with Gasteiger partial charge in [-0.25, -0.2) is 0 Å². The molecule has 0 aliphatic rings. The number of halogens is 1. The van der Waals surface area contributed by atoms with Crippen molar-refractivity contribution in [3.8, 4) is 0 Å².